The zero-order chi connectivity index (χ0) is 22.7. The number of para-hydroxylation sites is 1. The van der Waals surface area contributed by atoms with E-state index < -0.39 is 0 Å². The first-order valence-corrected chi connectivity index (χ1v) is 11.7. The Hall–Kier alpha value is -3.19. The number of nitrogens with zero attached hydrogens (tertiary/aromatic N) is 4. The molecule has 1 aromatic carbocycles. The molecule has 170 valence electrons. The normalized spacial score (nSPS) is 24.4. The van der Waals surface area contributed by atoms with Crippen LogP contribution >= 0.6 is 0 Å². The van der Waals surface area contributed by atoms with Crippen LogP contribution < -0.4 is 0 Å². The van der Waals surface area contributed by atoms with Gasteiger partial charge in [-0.3, -0.25) is 9.69 Å². The molecule has 1 saturated carbocycles. The van der Waals surface area contributed by atoms with Gasteiger partial charge in [0.15, 0.2) is 5.65 Å². The van der Waals surface area contributed by atoms with Crippen LogP contribution in [0.3, 0.4) is 0 Å². The van der Waals surface area contributed by atoms with Gasteiger partial charge in [0.1, 0.15) is 5.75 Å². The van der Waals surface area contributed by atoms with Gasteiger partial charge in [-0.05, 0) is 41.5 Å². The van der Waals surface area contributed by atoms with Crippen LogP contribution in [0.1, 0.15) is 25.5 Å². The lowest BCUT2D eigenvalue weighted by atomic mass is 9.96. The highest BCUT2D eigenvalue weighted by Crippen LogP contribution is 2.61. The first kappa shape index (κ1) is 20.4. The Kier molecular flexibility index (Phi) is 4.59. The largest absolute Gasteiger partial charge is 0.507 e. The first-order valence-electron chi connectivity index (χ1n) is 11.7. The Bertz CT molecular complexity index is 1240. The highest BCUT2D eigenvalue weighted by Gasteiger charge is 2.61. The smallest absolute Gasteiger partial charge is 0.246 e. The maximum atomic E-state index is 12.5. The summed E-state index contributed by atoms with van der Waals surface area (Å²) in [5, 5.41) is 19.6. The number of hydrogen-bond acceptors (Lipinski definition) is 5. The molecule has 2 atom stereocenters. The molecule has 2 aliphatic heterocycles. The van der Waals surface area contributed by atoms with Crippen molar-refractivity contribution in [2.24, 2.45) is 17.3 Å². The fraction of sp³-hybridized carbons (Fsp3) is 0.423. The van der Waals surface area contributed by atoms with Crippen LogP contribution in [0.5, 0.6) is 5.75 Å². The minimum Gasteiger partial charge on any atom is -0.507 e. The predicted molar refractivity (Wildman–Crippen MR) is 127 cm³/mol. The fourth-order valence-corrected chi connectivity index (χ4v) is 5.62. The van der Waals surface area contributed by atoms with E-state index in [1.54, 1.807) is 18.2 Å². The Morgan fingerprint density at radius 2 is 1.91 bits per heavy atom. The van der Waals surface area contributed by atoms with Crippen molar-refractivity contribution in [3.8, 4) is 17.0 Å². The molecular weight excluding hydrogens is 414 g/mol. The predicted octanol–water partition coefficient (Wildman–Crippen LogP) is 3.40. The Labute approximate surface area is 193 Å². The lowest BCUT2D eigenvalue weighted by molar-refractivity contribution is -0.130. The minimum atomic E-state index is 0.0914. The molecule has 4 heterocycles. The summed E-state index contributed by atoms with van der Waals surface area (Å²) >= 11 is 0. The van der Waals surface area contributed by atoms with E-state index in [0.29, 0.717) is 29.8 Å². The highest BCUT2D eigenvalue weighted by atomic mass is 16.3. The van der Waals surface area contributed by atoms with Gasteiger partial charge in [0.05, 0.1) is 5.69 Å². The van der Waals surface area contributed by atoms with E-state index in [-0.39, 0.29) is 17.6 Å². The average Bonchev–Trinajstić information content (AvgIpc) is 3.15. The van der Waals surface area contributed by atoms with Crippen molar-refractivity contribution in [2.75, 3.05) is 32.7 Å². The van der Waals surface area contributed by atoms with Crippen molar-refractivity contribution >= 4 is 16.9 Å². The Morgan fingerprint density at radius 3 is 2.67 bits per heavy atom. The summed E-state index contributed by atoms with van der Waals surface area (Å²) in [6.07, 6.45) is 3.76. The van der Waals surface area contributed by atoms with Crippen molar-refractivity contribution in [3.05, 3.63) is 54.2 Å². The number of carbonyl (C=O) groups excluding carboxylic acids is 1. The van der Waals surface area contributed by atoms with Crippen LogP contribution in [0.4, 0.5) is 0 Å². The number of nitrogens with one attached hydrogen (secondary N) is 1. The van der Waals surface area contributed by atoms with Crippen LogP contribution in [-0.2, 0) is 4.79 Å². The van der Waals surface area contributed by atoms with Gasteiger partial charge in [-0.1, -0.05) is 32.1 Å². The maximum Gasteiger partial charge on any atom is 0.246 e. The number of H-pyrrole nitrogens is 1. The highest BCUT2D eigenvalue weighted by molar-refractivity contribution is 5.88. The fourth-order valence-electron chi connectivity index (χ4n) is 5.62. The summed E-state index contributed by atoms with van der Waals surface area (Å²) in [5.74, 6) is 2.24. The molecule has 2 N–H and O–H groups in total. The summed E-state index contributed by atoms with van der Waals surface area (Å²) in [4.78, 5) is 20.2. The van der Waals surface area contributed by atoms with Crippen molar-refractivity contribution in [3.63, 3.8) is 0 Å². The molecule has 3 fully saturated rings. The van der Waals surface area contributed by atoms with Crippen molar-refractivity contribution in [2.45, 2.75) is 19.8 Å². The van der Waals surface area contributed by atoms with Gasteiger partial charge in [0.2, 0.25) is 5.91 Å². The number of piperidine rings is 1. The monoisotopic (exact) mass is 443 g/mol. The number of rotatable bonds is 5. The second-order valence-electron chi connectivity index (χ2n) is 10.4. The molecule has 7 nitrogen and oxygen atoms in total. The number of aromatic amines is 1. The number of phenols is 1. The third-order valence-electron chi connectivity index (χ3n) is 8.03. The van der Waals surface area contributed by atoms with E-state index in [4.69, 9.17) is 0 Å². The molecular formula is C26H29N5O2. The number of amides is 1. The quantitative estimate of drug-likeness (QED) is 0.591. The number of hydrogen-bond donors (Lipinski definition) is 2. The number of fused-ring (bicyclic) bond motifs is 2. The summed E-state index contributed by atoms with van der Waals surface area (Å²) in [5.41, 5.74) is 3.63. The molecule has 3 aromatic rings. The third-order valence-corrected chi connectivity index (χ3v) is 8.03. The molecule has 0 bridgehead atoms. The minimum absolute atomic E-state index is 0.0914. The standard InChI is InChI=1S/C26H29N5O2/c1-26(2)19-14-30(15-20(19)26)9-5-8-24(33)31-12-17(13-31)21-10-16-11-22(28-29-25(16)27-21)18-6-3-4-7-23(18)32/h3-8,10-11,17,19-20,32H,9,12-15H2,1-2H3,(H,27,29)/b8-5+. The second-order valence-corrected chi connectivity index (χ2v) is 10.4. The molecule has 6 rings (SSSR count). The zero-order valence-corrected chi connectivity index (χ0v) is 19.0. The summed E-state index contributed by atoms with van der Waals surface area (Å²) in [7, 11) is 0. The molecule has 7 heteroatoms. The van der Waals surface area contributed by atoms with Gasteiger partial charge < -0.3 is 15.0 Å². The molecule has 0 spiro atoms. The second kappa shape index (κ2) is 7.42. The van der Waals surface area contributed by atoms with Gasteiger partial charge in [-0.2, -0.15) is 0 Å². The number of aromatic hydroxyl groups is 1. The van der Waals surface area contributed by atoms with Crippen molar-refractivity contribution in [1.82, 2.24) is 25.0 Å². The van der Waals surface area contributed by atoms with E-state index in [0.717, 1.165) is 48.2 Å². The SMILES string of the molecule is CC1(C)C2CN(C/C=C/C(=O)N3CC(c4cc5cc(-c6ccccc6O)nnc5[nH]4)C3)CC21. The molecule has 33 heavy (non-hydrogen) atoms. The maximum absolute atomic E-state index is 12.5. The average molecular weight is 444 g/mol. The van der Waals surface area contributed by atoms with Gasteiger partial charge in [0, 0.05) is 61.4 Å². The molecule has 2 saturated heterocycles. The van der Waals surface area contributed by atoms with Crippen LogP contribution in [0.25, 0.3) is 22.3 Å². The molecule has 1 amide bonds. The number of aromatic nitrogens is 3. The molecule has 3 aliphatic rings. The van der Waals surface area contributed by atoms with E-state index in [9.17, 15) is 9.90 Å². The number of carbonyl (C=O) groups is 1. The molecule has 2 aromatic heterocycles. The molecule has 1 aliphatic carbocycles. The topological polar surface area (TPSA) is 85.3 Å². The van der Waals surface area contributed by atoms with Crippen LogP contribution in [0.15, 0.2) is 48.6 Å². The van der Waals surface area contributed by atoms with Gasteiger partial charge in [-0.15, -0.1) is 10.2 Å². The lowest BCUT2D eigenvalue weighted by Gasteiger charge is -2.38. The lowest BCUT2D eigenvalue weighted by Crippen LogP contribution is -2.48. The number of likely N-dealkylation sites (tertiary alicyclic amines) is 2. The molecule has 0 radical (unpaired) electrons. The van der Waals surface area contributed by atoms with Gasteiger partial charge in [0.25, 0.3) is 0 Å². The van der Waals surface area contributed by atoms with Crippen LogP contribution in [0.2, 0.25) is 0 Å². The van der Waals surface area contributed by atoms with Crippen molar-refractivity contribution in [1.29, 1.82) is 0 Å². The Morgan fingerprint density at radius 1 is 1.15 bits per heavy atom. The Balaban J connectivity index is 1.05. The van der Waals surface area contributed by atoms with Crippen LogP contribution in [-0.4, -0.2) is 68.7 Å². The summed E-state index contributed by atoms with van der Waals surface area (Å²) in [6.45, 7) is 9.34. The first-order chi connectivity index (χ1) is 15.9. The van der Waals surface area contributed by atoms with E-state index >= 15 is 0 Å². The van der Waals surface area contributed by atoms with Gasteiger partial charge >= 0.3 is 0 Å². The third kappa shape index (κ3) is 3.51. The number of benzene rings is 1. The molecule has 2 unspecified atom stereocenters. The number of phenolic OH excluding ortho intramolecular Hbond substituents is 1. The van der Waals surface area contributed by atoms with E-state index in [1.807, 2.05) is 29.2 Å². The van der Waals surface area contributed by atoms with Crippen molar-refractivity contribution < 1.29 is 9.90 Å². The van der Waals surface area contributed by atoms with E-state index in [1.165, 1.54) is 0 Å². The summed E-state index contributed by atoms with van der Waals surface area (Å²) in [6, 6.07) is 11.1. The van der Waals surface area contributed by atoms with E-state index in [2.05, 4.69) is 40.0 Å². The zero-order valence-electron chi connectivity index (χ0n) is 19.0. The summed E-state index contributed by atoms with van der Waals surface area (Å²) < 4.78 is 0. The van der Waals surface area contributed by atoms with Crippen LogP contribution in [0, 0.1) is 17.3 Å². The van der Waals surface area contributed by atoms with Gasteiger partial charge in [-0.25, -0.2) is 0 Å².